The van der Waals surface area contributed by atoms with E-state index in [9.17, 15) is 14.9 Å². The van der Waals surface area contributed by atoms with Crippen LogP contribution in [-0.4, -0.2) is 10.1 Å². The molecule has 0 aliphatic rings. The lowest BCUT2D eigenvalue weighted by molar-refractivity contribution is -0.386. The maximum absolute atomic E-state index is 10.2. The monoisotopic (exact) mass is 130 g/mol. The maximum Gasteiger partial charge on any atom is 0.435 e. The molecule has 0 amide bonds. The second kappa shape index (κ2) is 1.73. The smallest absolute Gasteiger partial charge is 0.333 e. The van der Waals surface area contributed by atoms with Crippen molar-refractivity contribution in [2.75, 3.05) is 0 Å². The van der Waals surface area contributed by atoms with E-state index in [-0.39, 0.29) is 0 Å². The number of nitrogens with one attached hydrogen (secondary N) is 1. The van der Waals surface area contributed by atoms with Crippen LogP contribution in [0.5, 0.6) is 0 Å². The summed E-state index contributed by atoms with van der Waals surface area (Å²) in [6, 6.07) is 0. The number of aromatic nitrogens is 1. The van der Waals surface area contributed by atoms with Crippen LogP contribution in [0.2, 0.25) is 0 Å². The number of hydrogen-bond acceptors (Lipinski definition) is 4. The molecule has 0 bridgehead atoms. The van der Waals surface area contributed by atoms with E-state index < -0.39 is 16.2 Å². The van der Waals surface area contributed by atoms with Gasteiger partial charge >= 0.3 is 11.3 Å². The normalized spacial score (nSPS) is 9.33. The highest BCUT2D eigenvalue weighted by Crippen LogP contribution is 1.97. The third-order valence-corrected chi connectivity index (χ3v) is 0.753. The van der Waals surface area contributed by atoms with Gasteiger partial charge < -0.3 is 4.52 Å². The molecule has 0 saturated carbocycles. The van der Waals surface area contributed by atoms with Crippen molar-refractivity contribution in [3.8, 4) is 0 Å². The third kappa shape index (κ3) is 0.809. The molecular weight excluding hydrogens is 128 g/mol. The minimum Gasteiger partial charge on any atom is -0.333 e. The molecule has 0 aromatic carbocycles. The summed E-state index contributed by atoms with van der Waals surface area (Å²) in [6.07, 6.45) is 0.891. The van der Waals surface area contributed by atoms with E-state index in [1.54, 1.807) is 0 Å². The van der Waals surface area contributed by atoms with E-state index in [4.69, 9.17) is 0 Å². The number of nitro groups is 1. The van der Waals surface area contributed by atoms with Crippen molar-refractivity contribution in [2.45, 2.75) is 0 Å². The zero-order valence-corrected chi connectivity index (χ0v) is 4.16. The number of nitrogens with zero attached hydrogens (tertiary/aromatic N) is 1. The zero-order valence-electron chi connectivity index (χ0n) is 4.16. The first kappa shape index (κ1) is 5.54. The van der Waals surface area contributed by atoms with Gasteiger partial charge in [-0.2, -0.15) is 0 Å². The fourth-order valence-electron chi connectivity index (χ4n) is 0.377. The molecule has 0 radical (unpaired) electrons. The minimum atomic E-state index is -0.958. The highest BCUT2D eigenvalue weighted by atomic mass is 16.6. The highest BCUT2D eigenvalue weighted by Gasteiger charge is 2.13. The first-order chi connectivity index (χ1) is 4.22. The van der Waals surface area contributed by atoms with Gasteiger partial charge in [-0.1, -0.05) is 0 Å². The van der Waals surface area contributed by atoms with Crippen molar-refractivity contribution in [3.05, 3.63) is 26.7 Å². The Labute approximate surface area is 48.2 Å². The lowest BCUT2D eigenvalue weighted by Gasteiger charge is -1.74. The van der Waals surface area contributed by atoms with Gasteiger partial charge in [-0.05, 0) is 0 Å². The SMILES string of the molecule is O=c1o[nH]cc1[N+](=O)[O-]. The lowest BCUT2D eigenvalue weighted by Crippen LogP contribution is -1.99. The van der Waals surface area contributed by atoms with E-state index in [2.05, 4.69) is 4.52 Å². The second-order valence-electron chi connectivity index (χ2n) is 1.29. The van der Waals surface area contributed by atoms with Gasteiger partial charge in [0, 0.05) is 0 Å². The number of rotatable bonds is 1. The Morgan fingerprint density at radius 3 is 2.67 bits per heavy atom. The quantitative estimate of drug-likeness (QED) is 0.423. The van der Waals surface area contributed by atoms with Gasteiger partial charge in [-0.3, -0.25) is 10.1 Å². The van der Waals surface area contributed by atoms with Crippen molar-refractivity contribution in [1.82, 2.24) is 5.16 Å². The average Bonchev–Trinajstić information content (AvgIpc) is 2.13. The van der Waals surface area contributed by atoms with Crippen molar-refractivity contribution < 1.29 is 9.45 Å². The fourth-order valence-corrected chi connectivity index (χ4v) is 0.377. The van der Waals surface area contributed by atoms with Crippen molar-refractivity contribution >= 4 is 5.69 Å². The molecule has 9 heavy (non-hydrogen) atoms. The molecule has 0 fully saturated rings. The lowest BCUT2D eigenvalue weighted by atomic mass is 10.6. The summed E-state index contributed by atoms with van der Waals surface area (Å²) in [7, 11) is 0. The van der Waals surface area contributed by atoms with Crippen molar-refractivity contribution in [1.29, 1.82) is 0 Å². The molecule has 0 atom stereocenters. The molecule has 6 nitrogen and oxygen atoms in total. The van der Waals surface area contributed by atoms with E-state index >= 15 is 0 Å². The minimum absolute atomic E-state index is 0.574. The summed E-state index contributed by atoms with van der Waals surface area (Å²) < 4.78 is 4.00. The van der Waals surface area contributed by atoms with Gasteiger partial charge in [-0.25, -0.2) is 9.95 Å². The Balaban J connectivity index is 3.24. The van der Waals surface area contributed by atoms with Crippen LogP contribution in [0.25, 0.3) is 0 Å². The first-order valence-electron chi connectivity index (χ1n) is 2.03. The molecule has 0 saturated heterocycles. The number of hydrogen-bond donors (Lipinski definition) is 1. The standard InChI is InChI=1S/C3H2N2O4/c6-3-2(5(7)8)1-4-9-3/h1,4H. The predicted molar refractivity (Wildman–Crippen MR) is 26.0 cm³/mol. The van der Waals surface area contributed by atoms with Gasteiger partial charge in [0.25, 0.3) is 0 Å². The molecule has 0 spiro atoms. The van der Waals surface area contributed by atoms with Gasteiger partial charge in [0.05, 0.1) is 4.92 Å². The molecule has 1 N–H and O–H groups in total. The molecule has 48 valence electrons. The Kier molecular flexibility index (Phi) is 1.07. The molecule has 1 aromatic heterocycles. The summed E-state index contributed by atoms with van der Waals surface area (Å²) >= 11 is 0. The molecule has 1 rings (SSSR count). The van der Waals surface area contributed by atoms with Gasteiger partial charge in [0.15, 0.2) is 0 Å². The zero-order chi connectivity index (χ0) is 6.85. The number of aromatic amines is 1. The Morgan fingerprint density at radius 2 is 2.44 bits per heavy atom. The third-order valence-electron chi connectivity index (χ3n) is 0.753. The summed E-state index contributed by atoms with van der Waals surface area (Å²) in [5, 5.41) is 11.8. The van der Waals surface area contributed by atoms with Crippen LogP contribution in [0.1, 0.15) is 0 Å². The maximum atomic E-state index is 10.2. The number of H-pyrrole nitrogens is 1. The fraction of sp³-hybridized carbons (Fsp3) is 0. The molecule has 1 heterocycles. The molecule has 0 aliphatic carbocycles. The van der Waals surface area contributed by atoms with Crippen LogP contribution in [-0.2, 0) is 0 Å². The van der Waals surface area contributed by atoms with E-state index in [0.717, 1.165) is 6.20 Å². The van der Waals surface area contributed by atoms with Crippen molar-refractivity contribution in [3.63, 3.8) is 0 Å². The van der Waals surface area contributed by atoms with E-state index in [0.29, 0.717) is 0 Å². The van der Waals surface area contributed by atoms with Crippen LogP contribution in [0.4, 0.5) is 5.69 Å². The van der Waals surface area contributed by atoms with E-state index in [1.807, 2.05) is 5.16 Å². The Morgan fingerprint density at radius 1 is 1.78 bits per heavy atom. The van der Waals surface area contributed by atoms with Gasteiger partial charge in [-0.15, -0.1) is 0 Å². The summed E-state index contributed by atoms with van der Waals surface area (Å²) in [5.41, 5.74) is -1.53. The molecule has 6 heteroatoms. The Hall–Kier alpha value is -1.59. The Bertz CT molecular complexity index is 271. The van der Waals surface area contributed by atoms with Crippen LogP contribution in [0.15, 0.2) is 15.5 Å². The van der Waals surface area contributed by atoms with Gasteiger partial charge in [0.2, 0.25) is 0 Å². The first-order valence-corrected chi connectivity index (χ1v) is 2.03. The van der Waals surface area contributed by atoms with Gasteiger partial charge in [0.1, 0.15) is 6.20 Å². The molecule has 1 aromatic rings. The molecule has 0 aliphatic heterocycles. The largest absolute Gasteiger partial charge is 0.435 e. The summed E-state index contributed by atoms with van der Waals surface area (Å²) in [4.78, 5) is 19.2. The topological polar surface area (TPSA) is 89.1 Å². The summed E-state index contributed by atoms with van der Waals surface area (Å²) in [5.74, 6) is 0. The van der Waals surface area contributed by atoms with E-state index in [1.165, 1.54) is 0 Å². The van der Waals surface area contributed by atoms with Crippen molar-refractivity contribution in [2.24, 2.45) is 0 Å². The molecular formula is C3H2N2O4. The second-order valence-corrected chi connectivity index (χ2v) is 1.29. The summed E-state index contributed by atoms with van der Waals surface area (Å²) in [6.45, 7) is 0. The van der Waals surface area contributed by atoms with Crippen LogP contribution in [0.3, 0.4) is 0 Å². The van der Waals surface area contributed by atoms with Crippen LogP contribution >= 0.6 is 0 Å². The average molecular weight is 130 g/mol. The van der Waals surface area contributed by atoms with Crippen LogP contribution < -0.4 is 5.63 Å². The highest BCUT2D eigenvalue weighted by molar-refractivity contribution is 5.17. The molecule has 0 unspecified atom stereocenters. The predicted octanol–water partition coefficient (Wildman–Crippen LogP) is -0.124. The van der Waals surface area contributed by atoms with Crippen LogP contribution in [0, 0.1) is 10.1 Å².